The monoisotopic (exact) mass is 276 g/mol. The maximum absolute atomic E-state index is 10.0. The summed E-state index contributed by atoms with van der Waals surface area (Å²) in [5.74, 6) is 0.854. The van der Waals surface area contributed by atoms with Crippen molar-refractivity contribution in [3.05, 3.63) is 42.5 Å². The number of hydrogen-bond donors (Lipinski definition) is 2. The number of allylic oxidation sites excluding steroid dienone is 1. The lowest BCUT2D eigenvalue weighted by molar-refractivity contribution is -0.693. The first-order valence-corrected chi connectivity index (χ1v) is 7.62. The second kappa shape index (κ2) is 8.08. The minimum atomic E-state index is -0.410. The average molecular weight is 276 g/mol. The van der Waals surface area contributed by atoms with Gasteiger partial charge in [-0.3, -0.25) is 0 Å². The molecule has 3 N–H and O–H groups in total. The molecule has 1 saturated carbocycles. The molecule has 1 aromatic rings. The standard InChI is InChI=1S/C17H25NO2/c1-2-7-14-8-3-6-11-17(14)20-13-16(19)12-18-15-9-4-5-10-15/h2-3,6,8,11,15-16,18-19H,1,4-5,7,9-10,12-13H2/p+1/t16-/m1/s1. The normalized spacial score (nSPS) is 17.1. The maximum Gasteiger partial charge on any atom is 0.137 e. The van der Waals surface area contributed by atoms with E-state index in [1.54, 1.807) is 0 Å². The van der Waals surface area contributed by atoms with Crippen molar-refractivity contribution in [2.75, 3.05) is 13.2 Å². The number of para-hydroxylation sites is 1. The van der Waals surface area contributed by atoms with E-state index in [0.29, 0.717) is 12.6 Å². The Bertz CT molecular complexity index is 413. The molecule has 0 aromatic heterocycles. The predicted molar refractivity (Wildman–Crippen MR) is 80.9 cm³/mol. The molecule has 2 rings (SSSR count). The zero-order chi connectivity index (χ0) is 14.2. The van der Waals surface area contributed by atoms with Crippen LogP contribution in [0.4, 0.5) is 0 Å². The first-order valence-electron chi connectivity index (χ1n) is 7.62. The van der Waals surface area contributed by atoms with Crippen molar-refractivity contribution < 1.29 is 15.2 Å². The van der Waals surface area contributed by atoms with Gasteiger partial charge in [0, 0.05) is 0 Å². The Kier molecular flexibility index (Phi) is 6.09. The quantitative estimate of drug-likeness (QED) is 0.709. The van der Waals surface area contributed by atoms with E-state index >= 15 is 0 Å². The number of ether oxygens (including phenoxy) is 1. The second-order valence-corrected chi connectivity index (χ2v) is 5.58. The van der Waals surface area contributed by atoms with E-state index < -0.39 is 6.10 Å². The van der Waals surface area contributed by atoms with Gasteiger partial charge >= 0.3 is 0 Å². The Morgan fingerprint density at radius 3 is 2.85 bits per heavy atom. The minimum Gasteiger partial charge on any atom is -0.490 e. The summed E-state index contributed by atoms with van der Waals surface area (Å²) >= 11 is 0. The first kappa shape index (κ1) is 15.1. The molecule has 110 valence electrons. The highest BCUT2D eigenvalue weighted by molar-refractivity contribution is 5.34. The molecule has 0 amide bonds. The summed E-state index contributed by atoms with van der Waals surface area (Å²) in [7, 11) is 0. The molecule has 0 saturated heterocycles. The lowest BCUT2D eigenvalue weighted by Crippen LogP contribution is -2.91. The molecule has 0 radical (unpaired) electrons. The van der Waals surface area contributed by atoms with Gasteiger partial charge in [0.2, 0.25) is 0 Å². The third kappa shape index (κ3) is 4.66. The third-order valence-electron chi connectivity index (χ3n) is 3.91. The molecule has 0 aliphatic heterocycles. The van der Waals surface area contributed by atoms with Crippen molar-refractivity contribution in [3.8, 4) is 5.75 Å². The second-order valence-electron chi connectivity index (χ2n) is 5.58. The molecule has 1 aromatic carbocycles. The van der Waals surface area contributed by atoms with Crippen LogP contribution in [-0.2, 0) is 6.42 Å². The Morgan fingerprint density at radius 1 is 1.35 bits per heavy atom. The summed E-state index contributed by atoms with van der Waals surface area (Å²) in [5.41, 5.74) is 1.12. The Hall–Kier alpha value is -1.32. The van der Waals surface area contributed by atoms with Crippen LogP contribution in [-0.4, -0.2) is 30.4 Å². The SMILES string of the molecule is C=CCc1ccccc1OC[C@H](O)C[NH2+]C1CCCC1. The summed E-state index contributed by atoms with van der Waals surface area (Å²) in [4.78, 5) is 0. The molecule has 1 atom stereocenters. The Morgan fingerprint density at radius 2 is 2.10 bits per heavy atom. The van der Waals surface area contributed by atoms with Gasteiger partial charge in [-0.15, -0.1) is 6.58 Å². The van der Waals surface area contributed by atoms with Crippen LogP contribution in [0.5, 0.6) is 5.75 Å². The summed E-state index contributed by atoms with van der Waals surface area (Å²) in [5, 5.41) is 12.3. The van der Waals surface area contributed by atoms with E-state index in [2.05, 4.69) is 11.9 Å². The fourth-order valence-corrected chi connectivity index (χ4v) is 2.77. The summed E-state index contributed by atoms with van der Waals surface area (Å²) in [6.45, 7) is 4.84. The van der Waals surface area contributed by atoms with Crippen molar-refractivity contribution >= 4 is 0 Å². The van der Waals surface area contributed by atoms with Crippen LogP contribution in [0.1, 0.15) is 31.2 Å². The number of quaternary nitrogens is 1. The van der Waals surface area contributed by atoms with E-state index in [1.165, 1.54) is 25.7 Å². The van der Waals surface area contributed by atoms with Gasteiger partial charge in [0.15, 0.2) is 0 Å². The predicted octanol–water partition coefficient (Wildman–Crippen LogP) is 1.66. The number of nitrogens with two attached hydrogens (primary N) is 1. The maximum atomic E-state index is 10.0. The fourth-order valence-electron chi connectivity index (χ4n) is 2.77. The van der Waals surface area contributed by atoms with Crippen molar-refractivity contribution in [1.82, 2.24) is 0 Å². The van der Waals surface area contributed by atoms with Crippen LogP contribution in [0.25, 0.3) is 0 Å². The zero-order valence-electron chi connectivity index (χ0n) is 12.1. The molecule has 1 aliphatic carbocycles. The molecule has 3 nitrogen and oxygen atoms in total. The molecule has 0 unspecified atom stereocenters. The van der Waals surface area contributed by atoms with Gasteiger partial charge in [0.1, 0.15) is 25.0 Å². The average Bonchev–Trinajstić information content (AvgIpc) is 2.98. The van der Waals surface area contributed by atoms with Crippen LogP contribution in [0, 0.1) is 0 Å². The van der Waals surface area contributed by atoms with Gasteiger partial charge in [-0.05, 0) is 43.7 Å². The topological polar surface area (TPSA) is 46.1 Å². The Labute approximate surface area is 121 Å². The van der Waals surface area contributed by atoms with Gasteiger partial charge in [-0.2, -0.15) is 0 Å². The number of rotatable bonds is 8. The molecule has 0 bridgehead atoms. The minimum absolute atomic E-state index is 0.359. The van der Waals surface area contributed by atoms with Crippen molar-refractivity contribution in [2.24, 2.45) is 0 Å². The van der Waals surface area contributed by atoms with Crippen molar-refractivity contribution in [3.63, 3.8) is 0 Å². The molecule has 20 heavy (non-hydrogen) atoms. The first-order chi connectivity index (χ1) is 9.79. The lowest BCUT2D eigenvalue weighted by Gasteiger charge is -2.15. The van der Waals surface area contributed by atoms with E-state index in [4.69, 9.17) is 4.74 Å². The third-order valence-corrected chi connectivity index (χ3v) is 3.91. The van der Waals surface area contributed by atoms with Gasteiger partial charge < -0.3 is 15.2 Å². The number of hydrogen-bond acceptors (Lipinski definition) is 2. The number of aliphatic hydroxyl groups is 1. The van der Waals surface area contributed by atoms with Crippen molar-refractivity contribution in [2.45, 2.75) is 44.2 Å². The number of benzene rings is 1. The summed E-state index contributed by atoms with van der Waals surface area (Å²) in [6, 6.07) is 8.65. The van der Waals surface area contributed by atoms with Gasteiger partial charge in [-0.1, -0.05) is 24.3 Å². The van der Waals surface area contributed by atoms with Crippen LogP contribution in [0.3, 0.4) is 0 Å². The van der Waals surface area contributed by atoms with Crippen LogP contribution in [0.2, 0.25) is 0 Å². The van der Waals surface area contributed by atoms with Crippen LogP contribution < -0.4 is 10.1 Å². The molecule has 1 fully saturated rings. The molecular weight excluding hydrogens is 250 g/mol. The molecule has 0 heterocycles. The highest BCUT2D eigenvalue weighted by Gasteiger charge is 2.19. The molecular formula is C17H26NO2+. The molecule has 1 aliphatic rings. The van der Waals surface area contributed by atoms with Crippen molar-refractivity contribution in [1.29, 1.82) is 0 Å². The van der Waals surface area contributed by atoms with E-state index in [9.17, 15) is 5.11 Å². The van der Waals surface area contributed by atoms with Gasteiger partial charge in [0.25, 0.3) is 0 Å². The van der Waals surface area contributed by atoms with Gasteiger partial charge in [0.05, 0.1) is 6.04 Å². The smallest absolute Gasteiger partial charge is 0.137 e. The highest BCUT2D eigenvalue weighted by atomic mass is 16.5. The zero-order valence-corrected chi connectivity index (χ0v) is 12.1. The van der Waals surface area contributed by atoms with Crippen LogP contribution >= 0.6 is 0 Å². The highest BCUT2D eigenvalue weighted by Crippen LogP contribution is 2.19. The molecule has 0 spiro atoms. The van der Waals surface area contributed by atoms with E-state index in [0.717, 1.165) is 24.3 Å². The fraction of sp³-hybridized carbons (Fsp3) is 0.529. The lowest BCUT2D eigenvalue weighted by atomic mass is 10.1. The number of aliphatic hydroxyl groups excluding tert-OH is 1. The van der Waals surface area contributed by atoms with E-state index in [1.807, 2.05) is 30.3 Å². The van der Waals surface area contributed by atoms with Gasteiger partial charge in [-0.25, -0.2) is 0 Å². The molecule has 3 heteroatoms. The van der Waals surface area contributed by atoms with E-state index in [-0.39, 0.29) is 0 Å². The Balaban J connectivity index is 1.74. The summed E-state index contributed by atoms with van der Waals surface area (Å²) < 4.78 is 5.75. The largest absolute Gasteiger partial charge is 0.490 e. The summed E-state index contributed by atoms with van der Waals surface area (Å²) in [6.07, 6.45) is 7.50. The van der Waals surface area contributed by atoms with Crippen LogP contribution in [0.15, 0.2) is 36.9 Å².